The standard InChI is InChI=1S/C40H34N2/c1-2-8-27(9-3-1)33-21-22-36-37(26-38(42-39(36)25-33)34-20-15-28-10-4-5-11-32(28)24-34)30-18-16-29(17-19-30)35-14-6-12-31-13-7-23-41-40(31)35/h1-6,8,10-12,15-18,20-27,30,35H,7,9,13-14,19H2. The van der Waals surface area contributed by atoms with Crippen molar-refractivity contribution >= 4 is 27.9 Å². The molecule has 3 aliphatic carbocycles. The van der Waals surface area contributed by atoms with Gasteiger partial charge in [-0.1, -0.05) is 103 Å². The van der Waals surface area contributed by atoms with Crippen molar-refractivity contribution in [2.45, 2.75) is 43.9 Å². The highest BCUT2D eigenvalue weighted by Gasteiger charge is 2.26. The molecule has 0 saturated heterocycles. The molecule has 2 nitrogen and oxygen atoms in total. The summed E-state index contributed by atoms with van der Waals surface area (Å²) >= 11 is 0. The normalized spacial score (nSPS) is 23.0. The van der Waals surface area contributed by atoms with E-state index in [4.69, 9.17) is 9.98 Å². The maximum Gasteiger partial charge on any atom is 0.0715 e. The molecule has 4 aromatic rings. The average molecular weight is 543 g/mol. The van der Waals surface area contributed by atoms with E-state index in [-0.39, 0.29) is 0 Å². The number of hydrogen-bond donors (Lipinski definition) is 0. The molecular weight excluding hydrogens is 508 g/mol. The molecule has 0 spiro atoms. The Morgan fingerprint density at radius 1 is 0.738 bits per heavy atom. The summed E-state index contributed by atoms with van der Waals surface area (Å²) in [5, 5.41) is 3.76. The van der Waals surface area contributed by atoms with Gasteiger partial charge in [0.1, 0.15) is 0 Å². The number of allylic oxidation sites excluding steroid dienone is 11. The van der Waals surface area contributed by atoms with Gasteiger partial charge in [0.15, 0.2) is 0 Å². The van der Waals surface area contributed by atoms with Gasteiger partial charge < -0.3 is 0 Å². The SMILES string of the molecule is C1=CCC(c2ccc3c(C4C=CC(C5CC=CC6=C5N=CCC6)=CC4)cc(-c4ccc5ccccc5c4)nc3c2)C=C1. The fourth-order valence-electron chi connectivity index (χ4n) is 7.09. The third-order valence-corrected chi connectivity index (χ3v) is 9.37. The number of nitrogens with zero attached hydrogens (tertiary/aromatic N) is 2. The topological polar surface area (TPSA) is 25.2 Å². The van der Waals surface area contributed by atoms with Crippen LogP contribution < -0.4 is 0 Å². The average Bonchev–Trinajstić information content (AvgIpc) is 3.07. The van der Waals surface area contributed by atoms with Crippen LogP contribution in [-0.4, -0.2) is 11.2 Å². The third kappa shape index (κ3) is 4.61. The molecular formula is C40H34N2. The molecule has 3 unspecified atom stereocenters. The van der Waals surface area contributed by atoms with Gasteiger partial charge in [0, 0.05) is 34.9 Å². The highest BCUT2D eigenvalue weighted by atomic mass is 14.8. The van der Waals surface area contributed by atoms with Crippen LogP contribution in [0.1, 0.15) is 55.1 Å². The number of aromatic nitrogens is 1. The monoisotopic (exact) mass is 542 g/mol. The van der Waals surface area contributed by atoms with Crippen molar-refractivity contribution in [2.24, 2.45) is 10.9 Å². The van der Waals surface area contributed by atoms with Gasteiger partial charge in [0.25, 0.3) is 0 Å². The largest absolute Gasteiger partial charge is 0.265 e. The first-order valence-electron chi connectivity index (χ1n) is 15.4. The zero-order valence-electron chi connectivity index (χ0n) is 23.8. The molecule has 0 fully saturated rings. The maximum absolute atomic E-state index is 5.29. The Bertz CT molecular complexity index is 1930. The lowest BCUT2D eigenvalue weighted by molar-refractivity contribution is 0.682. The lowest BCUT2D eigenvalue weighted by atomic mass is 9.79. The summed E-state index contributed by atoms with van der Waals surface area (Å²) in [4.78, 5) is 10.1. The van der Waals surface area contributed by atoms with Crippen molar-refractivity contribution in [1.29, 1.82) is 0 Å². The van der Waals surface area contributed by atoms with Crippen LogP contribution in [0.2, 0.25) is 0 Å². The summed E-state index contributed by atoms with van der Waals surface area (Å²) in [5.74, 6) is 1.09. The molecule has 0 radical (unpaired) electrons. The number of aliphatic imine (C=N–C) groups is 1. The fourth-order valence-corrected chi connectivity index (χ4v) is 7.09. The minimum Gasteiger partial charge on any atom is -0.265 e. The summed E-state index contributed by atoms with van der Waals surface area (Å²) in [6, 6.07) is 24.6. The molecule has 4 aliphatic rings. The number of benzene rings is 3. The molecule has 3 atom stereocenters. The Hall–Kier alpha value is -4.56. The van der Waals surface area contributed by atoms with Gasteiger partial charge in [-0.25, -0.2) is 4.98 Å². The number of pyridine rings is 1. The minimum absolute atomic E-state index is 0.309. The molecule has 3 aromatic carbocycles. The lowest BCUT2D eigenvalue weighted by Crippen LogP contribution is -2.14. The molecule has 8 rings (SSSR count). The second-order valence-corrected chi connectivity index (χ2v) is 11.9. The Morgan fingerprint density at radius 2 is 1.69 bits per heavy atom. The lowest BCUT2D eigenvalue weighted by Gasteiger charge is -2.28. The van der Waals surface area contributed by atoms with Gasteiger partial charge in [-0.15, -0.1) is 0 Å². The zero-order valence-corrected chi connectivity index (χ0v) is 23.8. The Kier molecular flexibility index (Phi) is 6.41. The summed E-state index contributed by atoms with van der Waals surface area (Å²) in [6.07, 6.45) is 28.1. The van der Waals surface area contributed by atoms with Crippen molar-refractivity contribution in [3.05, 3.63) is 149 Å². The van der Waals surface area contributed by atoms with Gasteiger partial charge in [-0.05, 0) is 83.3 Å². The molecule has 0 amide bonds. The Morgan fingerprint density at radius 3 is 2.57 bits per heavy atom. The van der Waals surface area contributed by atoms with E-state index < -0.39 is 0 Å². The quantitative estimate of drug-likeness (QED) is 0.252. The van der Waals surface area contributed by atoms with Crippen LogP contribution in [0, 0.1) is 5.92 Å². The van der Waals surface area contributed by atoms with Crippen LogP contribution in [0.15, 0.2) is 143 Å². The molecule has 1 aliphatic heterocycles. The highest BCUT2D eigenvalue weighted by molar-refractivity contribution is 5.90. The van der Waals surface area contributed by atoms with Gasteiger partial charge in [-0.3, -0.25) is 4.99 Å². The molecule has 204 valence electrons. The van der Waals surface area contributed by atoms with E-state index in [1.54, 1.807) is 0 Å². The molecule has 2 heteroatoms. The zero-order chi connectivity index (χ0) is 27.9. The van der Waals surface area contributed by atoms with Crippen molar-refractivity contribution in [3.63, 3.8) is 0 Å². The fraction of sp³-hybridized carbons (Fsp3) is 0.200. The van der Waals surface area contributed by atoms with Crippen molar-refractivity contribution < 1.29 is 0 Å². The number of fused-ring (bicyclic) bond motifs is 2. The molecule has 42 heavy (non-hydrogen) atoms. The number of rotatable bonds is 4. The van der Waals surface area contributed by atoms with Gasteiger partial charge in [0.05, 0.1) is 16.9 Å². The minimum atomic E-state index is 0.309. The molecule has 0 N–H and O–H groups in total. The van der Waals surface area contributed by atoms with E-state index in [0.29, 0.717) is 17.8 Å². The summed E-state index contributed by atoms with van der Waals surface area (Å²) in [6.45, 7) is 0. The Labute approximate surface area is 247 Å². The van der Waals surface area contributed by atoms with Crippen LogP contribution in [0.25, 0.3) is 32.9 Å². The second-order valence-electron chi connectivity index (χ2n) is 11.9. The van der Waals surface area contributed by atoms with Crippen LogP contribution in [-0.2, 0) is 0 Å². The summed E-state index contributed by atoms with van der Waals surface area (Å²) in [7, 11) is 0. The third-order valence-electron chi connectivity index (χ3n) is 9.37. The molecule has 2 heterocycles. The van der Waals surface area contributed by atoms with Gasteiger partial charge in [-0.2, -0.15) is 0 Å². The molecule has 0 bridgehead atoms. The van der Waals surface area contributed by atoms with Crippen molar-refractivity contribution in [1.82, 2.24) is 4.98 Å². The first-order chi connectivity index (χ1) is 20.8. The summed E-state index contributed by atoms with van der Waals surface area (Å²) in [5.41, 5.74) is 10.1. The van der Waals surface area contributed by atoms with Crippen LogP contribution in [0.5, 0.6) is 0 Å². The highest BCUT2D eigenvalue weighted by Crippen LogP contribution is 2.41. The van der Waals surface area contributed by atoms with Crippen molar-refractivity contribution in [2.75, 3.05) is 0 Å². The second kappa shape index (κ2) is 10.7. The van der Waals surface area contributed by atoms with E-state index in [1.807, 2.05) is 0 Å². The predicted molar refractivity (Wildman–Crippen MR) is 177 cm³/mol. The molecule has 0 saturated carbocycles. The number of hydrogen-bond acceptors (Lipinski definition) is 2. The van der Waals surface area contributed by atoms with E-state index in [1.165, 1.54) is 49.7 Å². The van der Waals surface area contributed by atoms with E-state index >= 15 is 0 Å². The van der Waals surface area contributed by atoms with E-state index in [2.05, 4.69) is 128 Å². The predicted octanol–water partition coefficient (Wildman–Crippen LogP) is 10.3. The van der Waals surface area contributed by atoms with Crippen LogP contribution in [0.3, 0.4) is 0 Å². The maximum atomic E-state index is 5.29. The van der Waals surface area contributed by atoms with E-state index in [0.717, 1.165) is 43.3 Å². The Balaban J connectivity index is 1.19. The van der Waals surface area contributed by atoms with Crippen molar-refractivity contribution in [3.8, 4) is 11.3 Å². The smallest absolute Gasteiger partial charge is 0.0715 e. The first-order valence-corrected chi connectivity index (χ1v) is 15.4. The first kappa shape index (κ1) is 25.2. The van der Waals surface area contributed by atoms with E-state index in [9.17, 15) is 0 Å². The van der Waals surface area contributed by atoms with Gasteiger partial charge in [0.2, 0.25) is 0 Å². The molecule has 1 aromatic heterocycles. The van der Waals surface area contributed by atoms with Crippen LogP contribution in [0.4, 0.5) is 0 Å². The van der Waals surface area contributed by atoms with Crippen LogP contribution >= 0.6 is 0 Å². The van der Waals surface area contributed by atoms with Gasteiger partial charge >= 0.3 is 0 Å². The summed E-state index contributed by atoms with van der Waals surface area (Å²) < 4.78 is 0.